The first-order valence-electron chi connectivity index (χ1n) is 4.81. The lowest BCUT2D eigenvalue weighted by Crippen LogP contribution is -1.77. The van der Waals surface area contributed by atoms with E-state index in [1.54, 1.807) is 6.21 Å². The van der Waals surface area contributed by atoms with Crippen LogP contribution in [0.5, 0.6) is 0 Å². The fourth-order valence-corrected chi connectivity index (χ4v) is 2.59. The highest BCUT2D eigenvalue weighted by Crippen LogP contribution is 2.27. The number of aliphatic imine (C=N–C) groups is 1. The average molecular weight is 469 g/mol. The van der Waals surface area contributed by atoms with Gasteiger partial charge in [0, 0.05) is 33.1 Å². The van der Waals surface area contributed by atoms with Crippen LogP contribution in [0.2, 0.25) is 0 Å². The second-order valence-electron chi connectivity index (χ2n) is 3.48. The summed E-state index contributed by atoms with van der Waals surface area (Å²) in [7, 11) is 0. The Morgan fingerprint density at radius 1 is 1.24 bits per heavy atom. The summed E-state index contributed by atoms with van der Waals surface area (Å²) < 4.78 is 8.23. The third-order valence-electron chi connectivity index (χ3n) is 2.10. The summed E-state index contributed by atoms with van der Waals surface area (Å²) in [6, 6.07) is 7.93. The minimum Gasteiger partial charge on any atom is -0.448 e. The summed E-state index contributed by atoms with van der Waals surface area (Å²) in [5.74, 6) is 0.730. The number of aryl methyl sites for hydroxylation is 1. The Bertz CT molecular complexity index is 558. The zero-order valence-electron chi connectivity index (χ0n) is 8.88. The summed E-state index contributed by atoms with van der Waals surface area (Å²) in [5.41, 5.74) is 2.09. The van der Waals surface area contributed by atoms with Crippen LogP contribution in [0.1, 0.15) is 11.3 Å². The molecule has 0 aliphatic heterocycles. The molecule has 0 N–H and O–H groups in total. The van der Waals surface area contributed by atoms with Gasteiger partial charge in [0.1, 0.15) is 5.76 Å². The number of furan rings is 1. The molecule has 2 rings (SSSR count). The highest BCUT2D eigenvalue weighted by atomic mass is 127. The number of rotatable bonds is 2. The van der Waals surface area contributed by atoms with Gasteiger partial charge in [-0.15, -0.1) is 0 Å². The van der Waals surface area contributed by atoms with Crippen molar-refractivity contribution in [2.75, 3.05) is 0 Å². The third kappa shape index (κ3) is 3.42. The van der Waals surface area contributed by atoms with Crippen molar-refractivity contribution in [1.29, 1.82) is 0 Å². The molecule has 1 aromatic carbocycles. The van der Waals surface area contributed by atoms with E-state index in [0.29, 0.717) is 0 Å². The van der Waals surface area contributed by atoms with Gasteiger partial charge in [0.15, 0.2) is 3.77 Å². The maximum absolute atomic E-state index is 5.47. The molecule has 2 nitrogen and oxygen atoms in total. The van der Waals surface area contributed by atoms with E-state index in [-0.39, 0.29) is 0 Å². The molecule has 0 unspecified atom stereocenters. The van der Waals surface area contributed by atoms with E-state index in [0.717, 1.165) is 24.2 Å². The molecule has 0 atom stereocenters. The summed E-state index contributed by atoms with van der Waals surface area (Å²) in [4.78, 5) is 4.38. The maximum Gasteiger partial charge on any atom is 0.178 e. The first-order valence-corrected chi connectivity index (χ1v) is 7.48. The lowest BCUT2D eigenvalue weighted by atomic mass is 10.2. The van der Waals surface area contributed by atoms with Gasteiger partial charge in [-0.3, -0.25) is 4.99 Å². The fourth-order valence-electron chi connectivity index (χ4n) is 1.28. The quantitative estimate of drug-likeness (QED) is 0.424. The molecule has 17 heavy (non-hydrogen) atoms. The van der Waals surface area contributed by atoms with Gasteiger partial charge in [0.05, 0.1) is 16.4 Å². The van der Waals surface area contributed by atoms with Crippen LogP contribution in [0, 0.1) is 10.7 Å². The topological polar surface area (TPSA) is 25.5 Å². The van der Waals surface area contributed by atoms with Crippen LogP contribution in [0.3, 0.4) is 0 Å². The van der Waals surface area contributed by atoms with E-state index in [4.69, 9.17) is 4.42 Å². The smallest absolute Gasteiger partial charge is 0.178 e. The highest BCUT2D eigenvalue weighted by molar-refractivity contribution is 14.1. The van der Waals surface area contributed by atoms with E-state index >= 15 is 0 Å². The normalized spacial score (nSPS) is 11.3. The second kappa shape index (κ2) is 5.67. The first-order chi connectivity index (χ1) is 8.06. The molecule has 5 heteroatoms. The summed E-state index contributed by atoms with van der Waals surface area (Å²) in [6.45, 7) is 2.05. The molecule has 0 aliphatic carbocycles. The van der Waals surface area contributed by atoms with Gasteiger partial charge in [-0.05, 0) is 56.5 Å². The van der Waals surface area contributed by atoms with Gasteiger partial charge >= 0.3 is 0 Å². The molecular weight excluding hydrogens is 461 g/mol. The van der Waals surface area contributed by atoms with Crippen LogP contribution in [-0.2, 0) is 0 Å². The Morgan fingerprint density at radius 3 is 2.59 bits per heavy atom. The molecule has 0 saturated heterocycles. The minimum absolute atomic E-state index is 0.730. The Kier molecular flexibility index (Phi) is 4.43. The zero-order valence-corrected chi connectivity index (χ0v) is 14.2. The van der Waals surface area contributed by atoms with Gasteiger partial charge < -0.3 is 4.42 Å². The van der Waals surface area contributed by atoms with Crippen molar-refractivity contribution in [3.05, 3.63) is 48.3 Å². The van der Waals surface area contributed by atoms with Gasteiger partial charge in [-0.2, -0.15) is 0 Å². The number of hydrogen-bond acceptors (Lipinski definition) is 2. The van der Waals surface area contributed by atoms with E-state index in [1.165, 1.54) is 5.56 Å². The molecule has 0 spiro atoms. The van der Waals surface area contributed by atoms with Crippen LogP contribution >= 0.6 is 54.5 Å². The molecule has 88 valence electrons. The number of hydrogen-bond donors (Lipinski definition) is 0. The number of halogens is 3. The third-order valence-corrected chi connectivity index (χ3v) is 4.86. The second-order valence-corrected chi connectivity index (χ2v) is 6.17. The predicted molar refractivity (Wildman–Crippen MR) is 85.3 cm³/mol. The van der Waals surface area contributed by atoms with E-state index in [9.17, 15) is 0 Å². The average Bonchev–Trinajstić information content (AvgIpc) is 2.57. The molecule has 0 radical (unpaired) electrons. The number of nitrogens with zero attached hydrogens (tertiary/aromatic N) is 1. The molecular formula is C12H8Br2INO. The van der Waals surface area contributed by atoms with Crippen LogP contribution in [0.4, 0.5) is 5.69 Å². The molecule has 0 fully saturated rings. The van der Waals surface area contributed by atoms with E-state index in [2.05, 4.69) is 59.4 Å². The minimum atomic E-state index is 0.730. The van der Waals surface area contributed by atoms with Crippen molar-refractivity contribution >= 4 is 66.4 Å². The lowest BCUT2D eigenvalue weighted by molar-refractivity contribution is 0.530. The number of benzene rings is 1. The van der Waals surface area contributed by atoms with Crippen molar-refractivity contribution < 1.29 is 4.42 Å². The van der Waals surface area contributed by atoms with E-state index < -0.39 is 0 Å². The van der Waals surface area contributed by atoms with Crippen molar-refractivity contribution in [2.24, 2.45) is 4.99 Å². The Hall–Kier alpha value is -0.140. The maximum atomic E-state index is 5.47. The molecule has 0 amide bonds. The van der Waals surface area contributed by atoms with Gasteiger partial charge in [0.25, 0.3) is 0 Å². The molecule has 1 aromatic heterocycles. The summed E-state index contributed by atoms with van der Waals surface area (Å²) in [6.07, 6.45) is 1.71. The van der Waals surface area contributed by atoms with Crippen molar-refractivity contribution in [3.63, 3.8) is 0 Å². The van der Waals surface area contributed by atoms with E-state index in [1.807, 2.05) is 31.2 Å². The first kappa shape index (κ1) is 13.3. The van der Waals surface area contributed by atoms with Gasteiger partial charge in [0.2, 0.25) is 0 Å². The summed E-state index contributed by atoms with van der Waals surface area (Å²) in [5, 5.41) is 0. The van der Waals surface area contributed by atoms with Crippen LogP contribution < -0.4 is 0 Å². The molecule has 0 saturated carbocycles. The van der Waals surface area contributed by atoms with Crippen LogP contribution in [-0.4, -0.2) is 6.21 Å². The monoisotopic (exact) mass is 467 g/mol. The van der Waals surface area contributed by atoms with Crippen LogP contribution in [0.15, 0.2) is 42.6 Å². The van der Waals surface area contributed by atoms with Crippen molar-refractivity contribution in [3.8, 4) is 0 Å². The fraction of sp³-hybridized carbons (Fsp3) is 0.0833. The van der Waals surface area contributed by atoms with Crippen molar-refractivity contribution in [2.45, 2.75) is 6.92 Å². The zero-order chi connectivity index (χ0) is 12.4. The predicted octanol–water partition coefficient (Wildman–Crippen LogP) is 5.47. The SMILES string of the molecule is Cc1ccc(N=Cc2cc(Br)c(I)o2)c(Br)c1. The standard InChI is InChI=1S/C12H8Br2INO/c1-7-2-3-11(9(13)4-7)16-6-8-5-10(14)12(15)17-8/h2-6H,1H3. The van der Waals surface area contributed by atoms with Crippen LogP contribution in [0.25, 0.3) is 0 Å². The molecule has 0 bridgehead atoms. The van der Waals surface area contributed by atoms with Gasteiger partial charge in [-0.1, -0.05) is 6.07 Å². The summed E-state index contributed by atoms with van der Waals surface area (Å²) >= 11 is 9.01. The van der Waals surface area contributed by atoms with Crippen molar-refractivity contribution in [1.82, 2.24) is 0 Å². The highest BCUT2D eigenvalue weighted by Gasteiger charge is 2.04. The molecule has 2 aromatic rings. The Labute approximate surface area is 130 Å². The largest absolute Gasteiger partial charge is 0.448 e. The lowest BCUT2D eigenvalue weighted by Gasteiger charge is -1.98. The molecule has 0 aliphatic rings. The van der Waals surface area contributed by atoms with Gasteiger partial charge in [-0.25, -0.2) is 0 Å². The Morgan fingerprint density at radius 2 is 2.00 bits per heavy atom. The Balaban J connectivity index is 2.25. The molecule has 1 heterocycles.